The Hall–Kier alpha value is -2.04. The van der Waals surface area contributed by atoms with Gasteiger partial charge in [-0.3, -0.25) is 4.79 Å². The molecule has 2 aromatic carbocycles. The Morgan fingerprint density at radius 1 is 1.09 bits per heavy atom. The van der Waals surface area contributed by atoms with Gasteiger partial charge in [-0.25, -0.2) is 0 Å². The van der Waals surface area contributed by atoms with E-state index in [1.54, 1.807) is 0 Å². The van der Waals surface area contributed by atoms with Crippen molar-refractivity contribution in [3.63, 3.8) is 0 Å². The molecule has 2 rings (SSSR count). The SMILES string of the molecule is CC(CN)C(=O)NC(COc1ccccc1)c1ccccc1.Cl. The van der Waals surface area contributed by atoms with Crippen LogP contribution in [0.15, 0.2) is 60.7 Å². The largest absolute Gasteiger partial charge is 0.491 e. The molecular weight excluding hydrogens is 312 g/mol. The van der Waals surface area contributed by atoms with E-state index in [9.17, 15) is 4.79 Å². The molecule has 0 aliphatic rings. The lowest BCUT2D eigenvalue weighted by Gasteiger charge is -2.21. The van der Waals surface area contributed by atoms with Gasteiger partial charge in [-0.1, -0.05) is 55.5 Å². The lowest BCUT2D eigenvalue weighted by atomic mass is 10.1. The fourth-order valence-electron chi connectivity index (χ4n) is 2.02. The van der Waals surface area contributed by atoms with E-state index >= 15 is 0 Å². The molecule has 0 fully saturated rings. The molecule has 23 heavy (non-hydrogen) atoms. The zero-order chi connectivity index (χ0) is 15.8. The molecule has 0 saturated heterocycles. The number of ether oxygens (including phenoxy) is 1. The van der Waals surface area contributed by atoms with Crippen LogP contribution in [0.3, 0.4) is 0 Å². The first kappa shape index (κ1) is 19.0. The molecule has 0 aliphatic heterocycles. The Bertz CT molecular complexity index is 578. The zero-order valence-corrected chi connectivity index (χ0v) is 14.0. The Kier molecular flexibility index (Phi) is 8.16. The Labute approximate surface area is 143 Å². The van der Waals surface area contributed by atoms with Crippen LogP contribution in [-0.2, 0) is 4.79 Å². The van der Waals surface area contributed by atoms with Gasteiger partial charge < -0.3 is 15.8 Å². The van der Waals surface area contributed by atoms with Crippen molar-refractivity contribution in [3.8, 4) is 5.75 Å². The van der Waals surface area contributed by atoms with Crippen molar-refractivity contribution in [2.24, 2.45) is 11.7 Å². The molecule has 2 unspecified atom stereocenters. The number of rotatable bonds is 7. The number of hydrogen-bond donors (Lipinski definition) is 2. The van der Waals surface area contributed by atoms with E-state index in [-0.39, 0.29) is 30.3 Å². The van der Waals surface area contributed by atoms with E-state index < -0.39 is 0 Å². The van der Waals surface area contributed by atoms with Crippen LogP contribution in [0.25, 0.3) is 0 Å². The number of carbonyl (C=O) groups is 1. The van der Waals surface area contributed by atoms with E-state index in [0.717, 1.165) is 11.3 Å². The number of para-hydroxylation sites is 1. The molecular formula is C18H23ClN2O2. The molecule has 2 atom stereocenters. The van der Waals surface area contributed by atoms with Gasteiger partial charge in [0.1, 0.15) is 12.4 Å². The smallest absolute Gasteiger partial charge is 0.224 e. The molecule has 1 amide bonds. The number of nitrogens with one attached hydrogen (secondary N) is 1. The van der Waals surface area contributed by atoms with Gasteiger partial charge in [0.25, 0.3) is 0 Å². The molecule has 5 heteroatoms. The molecule has 0 heterocycles. The van der Waals surface area contributed by atoms with Crippen LogP contribution >= 0.6 is 12.4 Å². The van der Waals surface area contributed by atoms with Crippen LogP contribution < -0.4 is 15.8 Å². The monoisotopic (exact) mass is 334 g/mol. The minimum Gasteiger partial charge on any atom is -0.491 e. The van der Waals surface area contributed by atoms with Gasteiger partial charge in [-0.2, -0.15) is 0 Å². The number of amides is 1. The van der Waals surface area contributed by atoms with E-state index in [1.807, 2.05) is 67.6 Å². The lowest BCUT2D eigenvalue weighted by Crippen LogP contribution is -2.38. The number of nitrogens with two attached hydrogens (primary N) is 1. The van der Waals surface area contributed by atoms with E-state index in [1.165, 1.54) is 0 Å². The second-order valence-electron chi connectivity index (χ2n) is 5.23. The number of carbonyl (C=O) groups excluding carboxylic acids is 1. The highest BCUT2D eigenvalue weighted by Crippen LogP contribution is 2.16. The van der Waals surface area contributed by atoms with Crippen molar-refractivity contribution < 1.29 is 9.53 Å². The average molecular weight is 335 g/mol. The maximum Gasteiger partial charge on any atom is 0.224 e. The van der Waals surface area contributed by atoms with Crippen LogP contribution in [0.2, 0.25) is 0 Å². The summed E-state index contributed by atoms with van der Waals surface area (Å²) in [6.45, 7) is 2.51. The second-order valence-corrected chi connectivity index (χ2v) is 5.23. The third-order valence-corrected chi connectivity index (χ3v) is 3.48. The first-order chi connectivity index (χ1) is 10.7. The predicted molar refractivity (Wildman–Crippen MR) is 94.7 cm³/mol. The Morgan fingerprint density at radius 3 is 2.22 bits per heavy atom. The molecule has 0 aliphatic carbocycles. The molecule has 0 spiro atoms. The molecule has 2 aromatic rings. The molecule has 4 nitrogen and oxygen atoms in total. The summed E-state index contributed by atoms with van der Waals surface area (Å²) in [5, 5.41) is 3.01. The third-order valence-electron chi connectivity index (χ3n) is 3.48. The van der Waals surface area contributed by atoms with Gasteiger partial charge in [0.2, 0.25) is 5.91 Å². The maximum atomic E-state index is 12.1. The number of halogens is 1. The summed E-state index contributed by atoms with van der Waals surface area (Å²) in [4.78, 5) is 12.1. The average Bonchev–Trinajstić information content (AvgIpc) is 2.59. The fraction of sp³-hybridized carbons (Fsp3) is 0.278. The van der Waals surface area contributed by atoms with Gasteiger partial charge in [0, 0.05) is 12.5 Å². The zero-order valence-electron chi connectivity index (χ0n) is 13.1. The molecule has 124 valence electrons. The first-order valence-electron chi connectivity index (χ1n) is 7.44. The van der Waals surface area contributed by atoms with E-state index in [0.29, 0.717) is 13.2 Å². The maximum absolute atomic E-state index is 12.1. The summed E-state index contributed by atoms with van der Waals surface area (Å²) in [5.41, 5.74) is 6.57. The molecule has 3 N–H and O–H groups in total. The number of benzene rings is 2. The van der Waals surface area contributed by atoms with E-state index in [2.05, 4.69) is 5.32 Å². The Morgan fingerprint density at radius 2 is 1.65 bits per heavy atom. The van der Waals surface area contributed by atoms with Crippen LogP contribution in [0.4, 0.5) is 0 Å². The predicted octanol–water partition coefficient (Wildman–Crippen LogP) is 2.94. The van der Waals surface area contributed by atoms with Crippen LogP contribution in [0.5, 0.6) is 5.75 Å². The molecule has 0 radical (unpaired) electrons. The molecule has 0 saturated carbocycles. The minimum absolute atomic E-state index is 0. The minimum atomic E-state index is -0.220. The molecule has 0 bridgehead atoms. The highest BCUT2D eigenvalue weighted by atomic mass is 35.5. The number of hydrogen-bond acceptors (Lipinski definition) is 3. The third kappa shape index (κ3) is 5.93. The summed E-state index contributed by atoms with van der Waals surface area (Å²) in [5.74, 6) is 0.500. The van der Waals surface area contributed by atoms with Crippen molar-refractivity contribution in [3.05, 3.63) is 66.2 Å². The van der Waals surface area contributed by atoms with Crippen molar-refractivity contribution in [2.45, 2.75) is 13.0 Å². The van der Waals surface area contributed by atoms with Crippen LogP contribution in [0, 0.1) is 5.92 Å². The molecule has 0 aromatic heterocycles. The summed E-state index contributed by atoms with van der Waals surface area (Å²) < 4.78 is 5.79. The van der Waals surface area contributed by atoms with Gasteiger partial charge in [-0.15, -0.1) is 12.4 Å². The summed E-state index contributed by atoms with van der Waals surface area (Å²) in [6.07, 6.45) is 0. The topological polar surface area (TPSA) is 64.4 Å². The quantitative estimate of drug-likeness (QED) is 0.818. The van der Waals surface area contributed by atoms with E-state index in [4.69, 9.17) is 10.5 Å². The van der Waals surface area contributed by atoms with Crippen molar-refractivity contribution in [1.29, 1.82) is 0 Å². The highest BCUT2D eigenvalue weighted by Gasteiger charge is 2.18. The van der Waals surface area contributed by atoms with Crippen molar-refractivity contribution >= 4 is 18.3 Å². The van der Waals surface area contributed by atoms with Gasteiger partial charge in [0.15, 0.2) is 0 Å². The second kappa shape index (κ2) is 9.87. The van der Waals surface area contributed by atoms with Crippen LogP contribution in [0.1, 0.15) is 18.5 Å². The standard InChI is InChI=1S/C18H22N2O2.ClH/c1-14(12-19)18(21)20-17(15-8-4-2-5-9-15)13-22-16-10-6-3-7-11-16;/h2-11,14,17H,12-13,19H2,1H3,(H,20,21);1H. The van der Waals surface area contributed by atoms with Gasteiger partial charge >= 0.3 is 0 Å². The summed E-state index contributed by atoms with van der Waals surface area (Å²) in [7, 11) is 0. The van der Waals surface area contributed by atoms with Crippen molar-refractivity contribution in [2.75, 3.05) is 13.2 Å². The van der Waals surface area contributed by atoms with Gasteiger partial charge in [0.05, 0.1) is 6.04 Å². The fourth-order valence-corrected chi connectivity index (χ4v) is 2.02. The Balaban J connectivity index is 0.00000264. The van der Waals surface area contributed by atoms with Crippen molar-refractivity contribution in [1.82, 2.24) is 5.32 Å². The highest BCUT2D eigenvalue weighted by molar-refractivity contribution is 5.85. The normalized spacial score (nSPS) is 12.6. The lowest BCUT2D eigenvalue weighted by molar-refractivity contribution is -0.125. The summed E-state index contributed by atoms with van der Waals surface area (Å²) >= 11 is 0. The summed E-state index contributed by atoms with van der Waals surface area (Å²) in [6, 6.07) is 19.2. The first-order valence-corrected chi connectivity index (χ1v) is 7.44. The van der Waals surface area contributed by atoms with Crippen LogP contribution in [-0.4, -0.2) is 19.1 Å². The van der Waals surface area contributed by atoms with Gasteiger partial charge in [-0.05, 0) is 17.7 Å².